The van der Waals surface area contributed by atoms with Crippen LogP contribution in [0.4, 0.5) is 4.79 Å². The van der Waals surface area contributed by atoms with Gasteiger partial charge in [0.05, 0.1) is 35.5 Å². The molecule has 1 atom stereocenters. The molecule has 2 aromatic carbocycles. The standard InChI is InChI=1S/C23H21BrN2O5/c1-4-11-31-21-16(24)12-15(13-17(21)29-3)20-18(22(27)30-5-2)19(25-23(28)26-20)14-9-7-6-8-10-14/h1,6-10,12-13,20H,5,11H2,2-3H3,(H2,25,26,28)/t20-/m1/s1. The molecule has 31 heavy (non-hydrogen) atoms. The molecule has 3 rings (SSSR count). The molecule has 2 amide bonds. The van der Waals surface area contributed by atoms with Crippen LogP contribution in [0.1, 0.15) is 24.1 Å². The van der Waals surface area contributed by atoms with Crippen LogP contribution in [0, 0.1) is 12.3 Å². The van der Waals surface area contributed by atoms with Crippen molar-refractivity contribution in [3.8, 4) is 23.8 Å². The van der Waals surface area contributed by atoms with Crippen molar-refractivity contribution >= 4 is 33.6 Å². The first-order chi connectivity index (χ1) is 15.0. The quantitative estimate of drug-likeness (QED) is 0.461. The number of urea groups is 1. The van der Waals surface area contributed by atoms with Crippen molar-refractivity contribution in [3.63, 3.8) is 0 Å². The minimum Gasteiger partial charge on any atom is -0.493 e. The number of amides is 2. The lowest BCUT2D eigenvalue weighted by Crippen LogP contribution is -2.45. The molecule has 0 saturated heterocycles. The van der Waals surface area contributed by atoms with Gasteiger partial charge in [-0.2, -0.15) is 0 Å². The fraction of sp³-hybridized carbons (Fsp3) is 0.217. The molecule has 2 N–H and O–H groups in total. The smallest absolute Gasteiger partial charge is 0.338 e. The summed E-state index contributed by atoms with van der Waals surface area (Å²) in [5, 5.41) is 5.55. The number of esters is 1. The number of hydrogen-bond acceptors (Lipinski definition) is 5. The number of carbonyl (C=O) groups is 2. The zero-order valence-corrected chi connectivity index (χ0v) is 18.6. The normalized spacial score (nSPS) is 15.4. The molecule has 0 saturated carbocycles. The summed E-state index contributed by atoms with van der Waals surface area (Å²) < 4.78 is 16.9. The SMILES string of the molecule is C#CCOc1c(Br)cc([C@H]2NC(=O)NC(c3ccccc3)=C2C(=O)OCC)cc1OC. The molecule has 0 fully saturated rings. The summed E-state index contributed by atoms with van der Waals surface area (Å²) in [6, 6.07) is 11.3. The van der Waals surface area contributed by atoms with Crippen molar-refractivity contribution in [1.82, 2.24) is 10.6 Å². The fourth-order valence-corrected chi connectivity index (χ4v) is 3.81. The topological polar surface area (TPSA) is 85.9 Å². The van der Waals surface area contributed by atoms with Crippen molar-refractivity contribution in [1.29, 1.82) is 0 Å². The van der Waals surface area contributed by atoms with E-state index in [0.717, 1.165) is 0 Å². The first-order valence-electron chi connectivity index (χ1n) is 9.48. The maximum absolute atomic E-state index is 13.0. The summed E-state index contributed by atoms with van der Waals surface area (Å²) in [7, 11) is 1.49. The Morgan fingerprint density at radius 3 is 2.65 bits per heavy atom. The highest BCUT2D eigenvalue weighted by Crippen LogP contribution is 2.41. The van der Waals surface area contributed by atoms with Gasteiger partial charge in [0.15, 0.2) is 11.5 Å². The molecule has 0 aromatic heterocycles. The molecular formula is C23H21BrN2O5. The average Bonchev–Trinajstić information content (AvgIpc) is 2.77. The van der Waals surface area contributed by atoms with E-state index in [9.17, 15) is 9.59 Å². The molecule has 0 unspecified atom stereocenters. The van der Waals surface area contributed by atoms with Gasteiger partial charge in [0.2, 0.25) is 0 Å². The van der Waals surface area contributed by atoms with Crippen molar-refractivity contribution in [2.24, 2.45) is 0 Å². The highest BCUT2D eigenvalue weighted by atomic mass is 79.9. The van der Waals surface area contributed by atoms with E-state index in [0.29, 0.717) is 32.8 Å². The Kier molecular flexibility index (Phi) is 7.21. The van der Waals surface area contributed by atoms with E-state index in [-0.39, 0.29) is 18.8 Å². The highest BCUT2D eigenvalue weighted by molar-refractivity contribution is 9.10. The number of hydrogen-bond donors (Lipinski definition) is 2. The lowest BCUT2D eigenvalue weighted by atomic mass is 9.92. The number of terminal acetylenes is 1. The van der Waals surface area contributed by atoms with Gasteiger partial charge in [0.1, 0.15) is 6.61 Å². The van der Waals surface area contributed by atoms with Crippen molar-refractivity contribution in [3.05, 3.63) is 63.6 Å². The predicted molar refractivity (Wildman–Crippen MR) is 119 cm³/mol. The Bertz CT molecular complexity index is 1060. The van der Waals surface area contributed by atoms with Crippen LogP contribution in [0.25, 0.3) is 5.70 Å². The second kappa shape index (κ2) is 10.0. The van der Waals surface area contributed by atoms with E-state index < -0.39 is 18.0 Å². The highest BCUT2D eigenvalue weighted by Gasteiger charge is 2.35. The summed E-state index contributed by atoms with van der Waals surface area (Å²) in [6.07, 6.45) is 5.29. The summed E-state index contributed by atoms with van der Waals surface area (Å²) in [4.78, 5) is 25.5. The summed E-state index contributed by atoms with van der Waals surface area (Å²) in [6.45, 7) is 1.98. The third-order valence-corrected chi connectivity index (χ3v) is 5.10. The second-order valence-corrected chi connectivity index (χ2v) is 7.29. The van der Waals surface area contributed by atoms with Gasteiger partial charge >= 0.3 is 12.0 Å². The van der Waals surface area contributed by atoms with E-state index in [1.807, 2.05) is 30.3 Å². The van der Waals surface area contributed by atoms with Crippen LogP contribution in [0.15, 0.2) is 52.5 Å². The number of benzene rings is 2. The first kappa shape index (κ1) is 22.2. The van der Waals surface area contributed by atoms with E-state index in [4.69, 9.17) is 20.6 Å². The van der Waals surface area contributed by atoms with Crippen LogP contribution < -0.4 is 20.1 Å². The average molecular weight is 485 g/mol. The number of methoxy groups -OCH3 is 1. The Balaban J connectivity index is 2.18. The van der Waals surface area contributed by atoms with E-state index in [1.165, 1.54) is 7.11 Å². The third-order valence-electron chi connectivity index (χ3n) is 4.51. The number of halogens is 1. The second-order valence-electron chi connectivity index (χ2n) is 6.43. The molecule has 1 aliphatic heterocycles. The van der Waals surface area contributed by atoms with Crippen molar-refractivity contribution in [2.75, 3.05) is 20.3 Å². The Morgan fingerprint density at radius 2 is 2.00 bits per heavy atom. The van der Waals surface area contributed by atoms with Gasteiger partial charge < -0.3 is 24.8 Å². The van der Waals surface area contributed by atoms with Crippen LogP contribution in [0.3, 0.4) is 0 Å². The molecule has 0 bridgehead atoms. The monoisotopic (exact) mass is 484 g/mol. The van der Waals surface area contributed by atoms with Crippen LogP contribution >= 0.6 is 15.9 Å². The van der Waals surface area contributed by atoms with Gasteiger partial charge in [-0.3, -0.25) is 0 Å². The van der Waals surface area contributed by atoms with Crippen LogP contribution in [-0.4, -0.2) is 32.3 Å². The van der Waals surface area contributed by atoms with Gasteiger partial charge in [0.25, 0.3) is 0 Å². The molecule has 1 aliphatic rings. The largest absolute Gasteiger partial charge is 0.493 e. The van der Waals surface area contributed by atoms with E-state index in [2.05, 4.69) is 32.5 Å². The van der Waals surface area contributed by atoms with Crippen LogP contribution in [0.2, 0.25) is 0 Å². The molecule has 0 aliphatic carbocycles. The summed E-state index contributed by atoms with van der Waals surface area (Å²) >= 11 is 3.46. The zero-order chi connectivity index (χ0) is 22.4. The minimum atomic E-state index is -0.783. The lowest BCUT2D eigenvalue weighted by molar-refractivity contribution is -0.138. The molecule has 160 valence electrons. The predicted octanol–water partition coefficient (Wildman–Crippen LogP) is 3.80. The maximum Gasteiger partial charge on any atom is 0.338 e. The van der Waals surface area contributed by atoms with Gasteiger partial charge in [-0.1, -0.05) is 36.3 Å². The van der Waals surface area contributed by atoms with Crippen LogP contribution in [0.5, 0.6) is 11.5 Å². The molecule has 1 heterocycles. The third kappa shape index (κ3) is 4.84. The number of rotatable bonds is 7. The number of ether oxygens (including phenoxy) is 3. The van der Waals surface area contributed by atoms with Crippen molar-refractivity contribution < 1.29 is 23.8 Å². The number of nitrogens with one attached hydrogen (secondary N) is 2. The van der Waals surface area contributed by atoms with Gasteiger partial charge in [-0.15, -0.1) is 6.42 Å². The first-order valence-corrected chi connectivity index (χ1v) is 10.3. The Labute approximate surface area is 188 Å². The van der Waals surface area contributed by atoms with E-state index in [1.54, 1.807) is 19.1 Å². The molecule has 2 aromatic rings. The van der Waals surface area contributed by atoms with Crippen LogP contribution in [-0.2, 0) is 9.53 Å². The zero-order valence-electron chi connectivity index (χ0n) is 17.0. The van der Waals surface area contributed by atoms with Gasteiger partial charge in [-0.05, 0) is 46.1 Å². The maximum atomic E-state index is 13.0. The van der Waals surface area contributed by atoms with Gasteiger partial charge in [0, 0.05) is 0 Å². The Morgan fingerprint density at radius 1 is 1.26 bits per heavy atom. The minimum absolute atomic E-state index is 0.0600. The lowest BCUT2D eigenvalue weighted by Gasteiger charge is -2.30. The fourth-order valence-electron chi connectivity index (χ4n) is 3.24. The summed E-state index contributed by atoms with van der Waals surface area (Å²) in [5.74, 6) is 2.69. The van der Waals surface area contributed by atoms with Gasteiger partial charge in [-0.25, -0.2) is 9.59 Å². The molecule has 0 spiro atoms. The number of carbonyl (C=O) groups excluding carboxylic acids is 2. The van der Waals surface area contributed by atoms with E-state index >= 15 is 0 Å². The molecule has 0 radical (unpaired) electrons. The molecule has 7 nitrogen and oxygen atoms in total. The Hall–Kier alpha value is -3.44. The summed E-state index contributed by atoms with van der Waals surface area (Å²) in [5.41, 5.74) is 1.95. The molecule has 8 heteroatoms. The van der Waals surface area contributed by atoms with Crippen molar-refractivity contribution in [2.45, 2.75) is 13.0 Å². The molecular weight excluding hydrogens is 464 g/mol.